The first kappa shape index (κ1) is 11.0. The second kappa shape index (κ2) is 4.95. The van der Waals surface area contributed by atoms with Crippen LogP contribution in [0.15, 0.2) is 0 Å². The molecule has 0 saturated heterocycles. The maximum absolute atomic E-state index is 4.12. The van der Waals surface area contributed by atoms with Crippen LogP contribution in [0.5, 0.6) is 0 Å². The van der Waals surface area contributed by atoms with Crippen LogP contribution >= 0.6 is 0 Å². The smallest absolute Gasteiger partial charge is 0.224 e. The van der Waals surface area contributed by atoms with Gasteiger partial charge in [0.25, 0.3) is 0 Å². The zero-order valence-electron chi connectivity index (χ0n) is 9.33. The first-order valence-electron chi connectivity index (χ1n) is 4.93. The maximum Gasteiger partial charge on any atom is 0.224 e. The normalized spacial score (nSPS) is 10.9. The van der Waals surface area contributed by atoms with Crippen molar-refractivity contribution in [1.29, 1.82) is 0 Å². The topological polar surface area (TPSA) is 54.8 Å². The third-order valence-electron chi connectivity index (χ3n) is 1.93. The van der Waals surface area contributed by atoms with Gasteiger partial charge in [0, 0.05) is 13.6 Å². The van der Waals surface area contributed by atoms with E-state index in [1.807, 2.05) is 14.1 Å². The summed E-state index contributed by atoms with van der Waals surface area (Å²) in [5, 5.41) is 14.3. The minimum absolute atomic E-state index is 0.591. The lowest BCUT2D eigenvalue weighted by Gasteiger charge is -2.11. The lowest BCUT2D eigenvalue weighted by atomic mass is 10.2. The average molecular weight is 197 g/mol. The third kappa shape index (κ3) is 2.45. The van der Waals surface area contributed by atoms with E-state index in [1.165, 1.54) is 0 Å². The van der Waals surface area contributed by atoms with Crippen LogP contribution in [-0.4, -0.2) is 28.9 Å². The van der Waals surface area contributed by atoms with Crippen LogP contribution in [0.2, 0.25) is 0 Å². The fourth-order valence-electron chi connectivity index (χ4n) is 1.37. The number of rotatable bonds is 5. The molecule has 0 fully saturated rings. The molecule has 0 aliphatic heterocycles. The minimum atomic E-state index is 0.591. The molecule has 0 bridgehead atoms. The highest BCUT2D eigenvalue weighted by molar-refractivity contribution is 5.24. The molecule has 0 spiro atoms. The first-order chi connectivity index (χ1) is 6.69. The molecular formula is C9H19N5. The summed E-state index contributed by atoms with van der Waals surface area (Å²) in [6.07, 6.45) is 0. The molecule has 80 valence electrons. The van der Waals surface area contributed by atoms with E-state index in [0.717, 1.165) is 24.9 Å². The Hall–Kier alpha value is -1.10. The van der Waals surface area contributed by atoms with E-state index in [2.05, 4.69) is 39.2 Å². The van der Waals surface area contributed by atoms with Crippen LogP contribution in [0.4, 0.5) is 5.95 Å². The number of anilines is 1. The standard InChI is InChI=1S/C9H19N5/c1-7(2)6-14-8(5-10-3)12-13-9(14)11-4/h7,10H,5-6H2,1-4H3,(H,11,13). The summed E-state index contributed by atoms with van der Waals surface area (Å²) >= 11 is 0. The fourth-order valence-corrected chi connectivity index (χ4v) is 1.37. The molecule has 1 heterocycles. The average Bonchev–Trinajstić information content (AvgIpc) is 2.48. The molecule has 0 aromatic carbocycles. The van der Waals surface area contributed by atoms with E-state index in [9.17, 15) is 0 Å². The molecule has 0 radical (unpaired) electrons. The van der Waals surface area contributed by atoms with Crippen molar-refractivity contribution in [3.63, 3.8) is 0 Å². The van der Waals surface area contributed by atoms with Crippen molar-refractivity contribution in [3.05, 3.63) is 5.82 Å². The molecular weight excluding hydrogens is 178 g/mol. The summed E-state index contributed by atoms with van der Waals surface area (Å²) in [5.74, 6) is 2.41. The lowest BCUT2D eigenvalue weighted by molar-refractivity contribution is 0.505. The van der Waals surface area contributed by atoms with Crippen molar-refractivity contribution in [3.8, 4) is 0 Å². The lowest BCUT2D eigenvalue weighted by Crippen LogP contribution is -2.16. The molecule has 5 heteroatoms. The van der Waals surface area contributed by atoms with Crippen LogP contribution in [0.1, 0.15) is 19.7 Å². The Morgan fingerprint density at radius 2 is 2.00 bits per heavy atom. The fraction of sp³-hybridized carbons (Fsp3) is 0.778. The van der Waals surface area contributed by atoms with Gasteiger partial charge in [-0.2, -0.15) is 0 Å². The van der Waals surface area contributed by atoms with Crippen molar-refractivity contribution in [2.24, 2.45) is 5.92 Å². The largest absolute Gasteiger partial charge is 0.357 e. The summed E-state index contributed by atoms with van der Waals surface area (Å²) in [4.78, 5) is 0. The predicted octanol–water partition coefficient (Wildman–Crippen LogP) is 0.695. The summed E-state index contributed by atoms with van der Waals surface area (Å²) < 4.78 is 2.11. The van der Waals surface area contributed by atoms with Crippen LogP contribution in [0, 0.1) is 5.92 Å². The summed E-state index contributed by atoms with van der Waals surface area (Å²) in [6.45, 7) is 6.06. The van der Waals surface area contributed by atoms with Crippen molar-refractivity contribution >= 4 is 5.95 Å². The molecule has 0 atom stereocenters. The van der Waals surface area contributed by atoms with E-state index < -0.39 is 0 Å². The highest BCUT2D eigenvalue weighted by atomic mass is 15.4. The van der Waals surface area contributed by atoms with Gasteiger partial charge < -0.3 is 10.6 Å². The molecule has 0 aliphatic carbocycles. The van der Waals surface area contributed by atoms with Gasteiger partial charge in [0.05, 0.1) is 6.54 Å². The van der Waals surface area contributed by atoms with Gasteiger partial charge in [0.15, 0.2) is 0 Å². The van der Waals surface area contributed by atoms with Crippen molar-refractivity contribution < 1.29 is 0 Å². The van der Waals surface area contributed by atoms with Gasteiger partial charge >= 0.3 is 0 Å². The van der Waals surface area contributed by atoms with Gasteiger partial charge in [0.1, 0.15) is 5.82 Å². The molecule has 0 saturated carbocycles. The first-order valence-corrected chi connectivity index (χ1v) is 4.93. The van der Waals surface area contributed by atoms with Crippen molar-refractivity contribution in [1.82, 2.24) is 20.1 Å². The SMILES string of the molecule is CNCc1nnc(NC)n1CC(C)C. The predicted molar refractivity (Wildman–Crippen MR) is 57.2 cm³/mol. The van der Waals surface area contributed by atoms with Gasteiger partial charge in [-0.3, -0.25) is 4.57 Å². The van der Waals surface area contributed by atoms with E-state index in [1.54, 1.807) is 0 Å². The molecule has 1 aromatic heterocycles. The summed E-state index contributed by atoms with van der Waals surface area (Å²) in [7, 11) is 3.78. The molecule has 14 heavy (non-hydrogen) atoms. The van der Waals surface area contributed by atoms with Crippen molar-refractivity contribution in [2.75, 3.05) is 19.4 Å². The maximum atomic E-state index is 4.12. The van der Waals surface area contributed by atoms with Gasteiger partial charge in [0.2, 0.25) is 5.95 Å². The van der Waals surface area contributed by atoms with Gasteiger partial charge in [-0.25, -0.2) is 0 Å². The molecule has 1 aromatic rings. The third-order valence-corrected chi connectivity index (χ3v) is 1.93. The van der Waals surface area contributed by atoms with E-state index in [4.69, 9.17) is 0 Å². The van der Waals surface area contributed by atoms with E-state index in [-0.39, 0.29) is 0 Å². The Bertz CT molecular complexity index is 279. The molecule has 2 N–H and O–H groups in total. The number of aromatic nitrogens is 3. The Kier molecular flexibility index (Phi) is 3.88. The number of hydrogen-bond acceptors (Lipinski definition) is 4. The van der Waals surface area contributed by atoms with Gasteiger partial charge in [-0.15, -0.1) is 10.2 Å². The molecule has 1 rings (SSSR count). The van der Waals surface area contributed by atoms with Crippen molar-refractivity contribution in [2.45, 2.75) is 26.9 Å². The quantitative estimate of drug-likeness (QED) is 0.729. The van der Waals surface area contributed by atoms with Gasteiger partial charge in [-0.1, -0.05) is 13.8 Å². The van der Waals surface area contributed by atoms with Crippen LogP contribution in [0.3, 0.4) is 0 Å². The van der Waals surface area contributed by atoms with Crippen LogP contribution < -0.4 is 10.6 Å². The Labute approximate surface area is 84.9 Å². The minimum Gasteiger partial charge on any atom is -0.357 e. The van der Waals surface area contributed by atoms with Gasteiger partial charge in [-0.05, 0) is 13.0 Å². The monoisotopic (exact) mass is 197 g/mol. The second-order valence-electron chi connectivity index (χ2n) is 3.72. The Morgan fingerprint density at radius 1 is 1.29 bits per heavy atom. The Balaban J connectivity index is 2.87. The highest BCUT2D eigenvalue weighted by Gasteiger charge is 2.10. The number of hydrogen-bond donors (Lipinski definition) is 2. The van der Waals surface area contributed by atoms with Crippen LogP contribution in [-0.2, 0) is 13.1 Å². The molecule has 5 nitrogen and oxygen atoms in total. The summed E-state index contributed by atoms with van der Waals surface area (Å²) in [6, 6.07) is 0. The zero-order chi connectivity index (χ0) is 10.6. The Morgan fingerprint density at radius 3 is 2.50 bits per heavy atom. The summed E-state index contributed by atoms with van der Waals surface area (Å²) in [5.41, 5.74) is 0. The molecule has 0 unspecified atom stereocenters. The van der Waals surface area contributed by atoms with E-state index >= 15 is 0 Å². The molecule has 0 amide bonds. The molecule has 0 aliphatic rings. The highest BCUT2D eigenvalue weighted by Crippen LogP contribution is 2.10. The zero-order valence-corrected chi connectivity index (χ0v) is 9.33. The number of nitrogens with zero attached hydrogens (tertiary/aromatic N) is 3. The van der Waals surface area contributed by atoms with E-state index in [0.29, 0.717) is 5.92 Å². The second-order valence-corrected chi connectivity index (χ2v) is 3.72. The number of nitrogens with one attached hydrogen (secondary N) is 2. The van der Waals surface area contributed by atoms with Crippen LogP contribution in [0.25, 0.3) is 0 Å².